The molecule has 0 aromatic carbocycles. The molecule has 6 heavy (non-hydrogen) atoms. The summed E-state index contributed by atoms with van der Waals surface area (Å²) in [5.74, 6) is 0. The first-order valence-electron chi connectivity index (χ1n) is 1.42. The zero-order chi connectivity index (χ0) is 4.28. The average Bonchev–Trinajstić information content (AvgIpc) is 1.38. The summed E-state index contributed by atoms with van der Waals surface area (Å²) in [5.41, 5.74) is 0. The Balaban J connectivity index is 0. The second kappa shape index (κ2) is 5.35. The van der Waals surface area contributed by atoms with Crippen LogP contribution >= 0.6 is 8.38 Å². The molecule has 3 heteroatoms. The Morgan fingerprint density at radius 1 is 1.50 bits per heavy atom. The predicted octanol–water partition coefficient (Wildman–Crippen LogP) is 0.939. The molecule has 0 heterocycles. The largest absolute Gasteiger partial charge is 0.350 e. The molecule has 0 aliphatic rings. The average molecular weight is 110 g/mol. The van der Waals surface area contributed by atoms with E-state index < -0.39 is 8.38 Å². The Hall–Kier alpha value is 0.350. The molecular formula is C3H11O2P. The highest BCUT2D eigenvalue weighted by molar-refractivity contribution is 7.45. The summed E-state index contributed by atoms with van der Waals surface area (Å²) >= 11 is 0. The van der Waals surface area contributed by atoms with Crippen LogP contribution in [0.1, 0.15) is 14.4 Å². The van der Waals surface area contributed by atoms with E-state index in [1.54, 1.807) is 6.92 Å². The van der Waals surface area contributed by atoms with Crippen LogP contribution in [0.5, 0.6) is 0 Å². The van der Waals surface area contributed by atoms with Crippen LogP contribution in [0.15, 0.2) is 0 Å². The first-order chi connectivity index (χ1) is 2.27. The molecule has 0 spiro atoms. The molecule has 0 amide bonds. The van der Waals surface area contributed by atoms with Gasteiger partial charge in [0.1, 0.15) is 0 Å². The van der Waals surface area contributed by atoms with Crippen molar-refractivity contribution in [3.8, 4) is 0 Å². The fraction of sp³-hybridized carbons (Fsp3) is 1.00. The highest BCUT2D eigenvalue weighted by Crippen LogP contribution is 2.19. The van der Waals surface area contributed by atoms with Crippen molar-refractivity contribution in [2.45, 2.75) is 14.4 Å². The van der Waals surface area contributed by atoms with Crippen LogP contribution in [-0.4, -0.2) is 15.9 Å². The van der Waals surface area contributed by atoms with E-state index in [1.807, 2.05) is 0 Å². The van der Waals surface area contributed by atoms with Crippen molar-refractivity contribution in [1.29, 1.82) is 0 Å². The summed E-state index contributed by atoms with van der Waals surface area (Å²) < 4.78 is 0. The maximum atomic E-state index is 7.98. The van der Waals surface area contributed by atoms with Crippen molar-refractivity contribution in [3.63, 3.8) is 0 Å². The third kappa shape index (κ3) is 8.84. The van der Waals surface area contributed by atoms with Gasteiger partial charge in [-0.05, 0) is 0 Å². The third-order valence-electron chi connectivity index (χ3n) is 0.283. The van der Waals surface area contributed by atoms with Gasteiger partial charge in [-0.2, -0.15) is 0 Å². The van der Waals surface area contributed by atoms with Gasteiger partial charge in [0.05, 0.1) is 0 Å². The highest BCUT2D eigenvalue weighted by Gasteiger charge is 1.85. The summed E-state index contributed by atoms with van der Waals surface area (Å²) in [6, 6.07) is 0. The molecule has 2 N–H and O–H groups in total. The zero-order valence-corrected chi connectivity index (χ0v) is 3.94. The van der Waals surface area contributed by atoms with E-state index in [4.69, 9.17) is 9.79 Å². The minimum absolute atomic E-state index is 0. The molecule has 0 fully saturated rings. The molecular weight excluding hydrogens is 99.0 g/mol. The zero-order valence-electron chi connectivity index (χ0n) is 3.05. The van der Waals surface area contributed by atoms with Gasteiger partial charge in [-0.1, -0.05) is 14.4 Å². The Labute approximate surface area is 39.7 Å². The van der Waals surface area contributed by atoms with Crippen molar-refractivity contribution in [3.05, 3.63) is 0 Å². The van der Waals surface area contributed by atoms with E-state index in [0.29, 0.717) is 6.16 Å². The molecule has 40 valence electrons. The van der Waals surface area contributed by atoms with Crippen molar-refractivity contribution < 1.29 is 9.79 Å². The quantitative estimate of drug-likeness (QED) is 0.493. The predicted molar refractivity (Wildman–Crippen MR) is 28.6 cm³/mol. The van der Waals surface area contributed by atoms with Crippen LogP contribution < -0.4 is 0 Å². The lowest BCUT2D eigenvalue weighted by atomic mass is 11.0. The fourth-order valence-electron chi connectivity index (χ4n) is 0. The Morgan fingerprint density at radius 2 is 1.67 bits per heavy atom. The molecule has 0 aliphatic carbocycles. The molecule has 0 unspecified atom stereocenters. The maximum Gasteiger partial charge on any atom is 0.164 e. The van der Waals surface area contributed by atoms with E-state index in [2.05, 4.69) is 0 Å². The van der Waals surface area contributed by atoms with E-state index >= 15 is 0 Å². The van der Waals surface area contributed by atoms with Gasteiger partial charge in [0.15, 0.2) is 8.38 Å². The molecule has 0 aliphatic heterocycles. The SMILES string of the molecule is C.CCP(O)O. The summed E-state index contributed by atoms with van der Waals surface area (Å²) in [4.78, 5) is 16.0. The van der Waals surface area contributed by atoms with E-state index in [9.17, 15) is 0 Å². The smallest absolute Gasteiger partial charge is 0.164 e. The van der Waals surface area contributed by atoms with Crippen molar-refractivity contribution in [2.24, 2.45) is 0 Å². The third-order valence-corrected chi connectivity index (χ3v) is 0.849. The fourth-order valence-corrected chi connectivity index (χ4v) is 0. The molecule has 0 atom stereocenters. The molecule has 2 nitrogen and oxygen atoms in total. The molecule has 0 aromatic rings. The normalized spacial score (nSPS) is 8.00. The number of rotatable bonds is 1. The van der Waals surface area contributed by atoms with Crippen molar-refractivity contribution in [2.75, 3.05) is 6.16 Å². The Morgan fingerprint density at radius 3 is 1.67 bits per heavy atom. The van der Waals surface area contributed by atoms with Gasteiger partial charge in [0.25, 0.3) is 0 Å². The van der Waals surface area contributed by atoms with Crippen molar-refractivity contribution >= 4 is 8.38 Å². The molecule has 0 saturated carbocycles. The summed E-state index contributed by atoms with van der Waals surface area (Å²) in [7, 11) is -1.60. The standard InChI is InChI=1S/C2H7O2P.CH4/c1-2-5(3)4;/h3-4H,2H2,1H3;1H4. The van der Waals surface area contributed by atoms with Gasteiger partial charge in [-0.25, -0.2) is 0 Å². The second-order valence-corrected chi connectivity index (χ2v) is 2.07. The van der Waals surface area contributed by atoms with Crippen LogP contribution in [0.4, 0.5) is 0 Å². The van der Waals surface area contributed by atoms with Gasteiger partial charge < -0.3 is 9.79 Å². The summed E-state index contributed by atoms with van der Waals surface area (Å²) in [5, 5.41) is 0. The van der Waals surface area contributed by atoms with Crippen LogP contribution in [0.2, 0.25) is 0 Å². The van der Waals surface area contributed by atoms with Gasteiger partial charge in [-0.3, -0.25) is 0 Å². The van der Waals surface area contributed by atoms with Gasteiger partial charge >= 0.3 is 0 Å². The van der Waals surface area contributed by atoms with Gasteiger partial charge in [0.2, 0.25) is 0 Å². The Kier molecular flexibility index (Phi) is 8.56. The minimum atomic E-state index is -1.60. The van der Waals surface area contributed by atoms with Gasteiger partial charge in [-0.15, -0.1) is 0 Å². The maximum absolute atomic E-state index is 7.98. The topological polar surface area (TPSA) is 40.5 Å². The van der Waals surface area contributed by atoms with Crippen LogP contribution in [0.25, 0.3) is 0 Å². The van der Waals surface area contributed by atoms with E-state index in [0.717, 1.165) is 0 Å². The monoisotopic (exact) mass is 110 g/mol. The first-order valence-corrected chi connectivity index (χ1v) is 2.86. The van der Waals surface area contributed by atoms with Crippen LogP contribution in [0.3, 0.4) is 0 Å². The second-order valence-electron chi connectivity index (χ2n) is 0.689. The van der Waals surface area contributed by atoms with Crippen LogP contribution in [0, 0.1) is 0 Å². The number of hydrogen-bond acceptors (Lipinski definition) is 2. The van der Waals surface area contributed by atoms with E-state index in [-0.39, 0.29) is 7.43 Å². The molecule has 0 aromatic heterocycles. The molecule has 0 radical (unpaired) electrons. The van der Waals surface area contributed by atoms with Crippen LogP contribution in [-0.2, 0) is 0 Å². The summed E-state index contributed by atoms with van der Waals surface area (Å²) in [6.07, 6.45) is 0.481. The number of hydrogen-bond donors (Lipinski definition) is 2. The minimum Gasteiger partial charge on any atom is -0.350 e. The first kappa shape index (κ1) is 9.61. The lowest BCUT2D eigenvalue weighted by Gasteiger charge is -1.88. The summed E-state index contributed by atoms with van der Waals surface area (Å²) in [6.45, 7) is 1.73. The molecule has 0 saturated heterocycles. The van der Waals surface area contributed by atoms with E-state index in [1.165, 1.54) is 0 Å². The molecule has 0 rings (SSSR count). The molecule has 0 bridgehead atoms. The lowest BCUT2D eigenvalue weighted by Crippen LogP contribution is -1.67. The Bertz CT molecular complexity index is 22.8. The van der Waals surface area contributed by atoms with Crippen molar-refractivity contribution in [1.82, 2.24) is 0 Å². The van der Waals surface area contributed by atoms with Gasteiger partial charge in [0, 0.05) is 6.16 Å². The highest BCUT2D eigenvalue weighted by atomic mass is 31.2. The lowest BCUT2D eigenvalue weighted by molar-refractivity contribution is 0.484.